The number of hydrogen-bond donors (Lipinski definition) is 1. The Morgan fingerprint density at radius 3 is 2.89 bits per heavy atom. The fourth-order valence-electron chi connectivity index (χ4n) is 4.13. The van der Waals surface area contributed by atoms with E-state index in [1.165, 1.54) is 6.33 Å². The van der Waals surface area contributed by atoms with Crippen LogP contribution >= 0.6 is 0 Å². The number of hydrogen-bond acceptors (Lipinski definition) is 8. The van der Waals surface area contributed by atoms with Gasteiger partial charge in [0.25, 0.3) is 0 Å². The van der Waals surface area contributed by atoms with Crippen molar-refractivity contribution in [3.05, 3.63) is 12.7 Å². The predicted molar refractivity (Wildman–Crippen MR) is 99.4 cm³/mol. The highest BCUT2D eigenvalue weighted by Gasteiger charge is 2.55. The third-order valence-electron chi connectivity index (χ3n) is 5.33. The molecule has 2 aromatic rings. The highest BCUT2D eigenvalue weighted by molar-refractivity contribution is 5.82. The topological polar surface area (TPSA) is 92.6 Å². The lowest BCUT2D eigenvalue weighted by Crippen LogP contribution is -2.30. The number of ether oxygens (including phenoxy) is 4. The molecule has 0 radical (unpaired) electrons. The second kappa shape index (κ2) is 6.67. The average molecular weight is 385 g/mol. The Kier molecular flexibility index (Phi) is 4.25. The molecule has 5 rings (SSSR count). The van der Waals surface area contributed by atoms with Crippen molar-refractivity contribution in [1.29, 1.82) is 0 Å². The normalized spacial score (nSPS) is 34.2. The van der Waals surface area contributed by atoms with Gasteiger partial charge in [-0.3, -0.25) is 4.57 Å². The van der Waals surface area contributed by atoms with Gasteiger partial charge in [-0.25, -0.2) is 15.0 Å². The highest BCUT2D eigenvalue weighted by atomic mass is 16.8. The Hall–Kier alpha value is -2.25. The molecule has 3 aliphatic heterocycles. The first-order chi connectivity index (χ1) is 13.6. The number of fused-ring (bicyclic) bond motifs is 2. The summed E-state index contributed by atoms with van der Waals surface area (Å²) in [6.07, 6.45) is 9.29. The van der Waals surface area contributed by atoms with Gasteiger partial charge < -0.3 is 24.3 Å². The molecule has 1 N–H and O–H groups in total. The van der Waals surface area contributed by atoms with Crippen LogP contribution in [0, 0.1) is 12.3 Å². The van der Waals surface area contributed by atoms with E-state index in [0.29, 0.717) is 23.6 Å². The molecule has 0 bridgehead atoms. The molecule has 28 heavy (non-hydrogen) atoms. The van der Waals surface area contributed by atoms with Gasteiger partial charge in [0.05, 0.1) is 19.0 Å². The molecule has 3 fully saturated rings. The van der Waals surface area contributed by atoms with Crippen molar-refractivity contribution in [1.82, 2.24) is 19.5 Å². The molecule has 0 spiro atoms. The van der Waals surface area contributed by atoms with Crippen LogP contribution in [0.25, 0.3) is 11.2 Å². The summed E-state index contributed by atoms with van der Waals surface area (Å²) in [4.78, 5) is 13.3. The van der Waals surface area contributed by atoms with Gasteiger partial charge in [0.15, 0.2) is 29.0 Å². The van der Waals surface area contributed by atoms with Crippen LogP contribution in [0.2, 0.25) is 0 Å². The quantitative estimate of drug-likeness (QED) is 0.794. The minimum Gasteiger partial charge on any atom is -0.379 e. The first-order valence-electron chi connectivity index (χ1n) is 9.55. The molecule has 5 heterocycles. The Labute approximate surface area is 162 Å². The van der Waals surface area contributed by atoms with E-state index in [-0.39, 0.29) is 18.2 Å². The van der Waals surface area contributed by atoms with Gasteiger partial charge in [-0.05, 0) is 26.7 Å². The van der Waals surface area contributed by atoms with Crippen LogP contribution in [0.4, 0.5) is 5.82 Å². The van der Waals surface area contributed by atoms with E-state index in [0.717, 1.165) is 19.4 Å². The van der Waals surface area contributed by atoms with E-state index >= 15 is 0 Å². The zero-order valence-corrected chi connectivity index (χ0v) is 15.9. The molecule has 3 saturated heterocycles. The van der Waals surface area contributed by atoms with Crippen LogP contribution in [-0.2, 0) is 18.9 Å². The number of nitrogens with zero attached hydrogens (tertiary/aromatic N) is 4. The van der Waals surface area contributed by atoms with Gasteiger partial charge in [-0.2, -0.15) is 0 Å². The second-order valence-corrected chi connectivity index (χ2v) is 7.78. The van der Waals surface area contributed by atoms with Gasteiger partial charge in [0.1, 0.15) is 24.6 Å². The largest absolute Gasteiger partial charge is 0.379 e. The van der Waals surface area contributed by atoms with Crippen LogP contribution in [0.15, 0.2) is 12.7 Å². The average Bonchev–Trinajstić information content (AvgIpc) is 3.33. The van der Waals surface area contributed by atoms with Crippen molar-refractivity contribution in [2.24, 2.45) is 0 Å². The number of terminal acetylenes is 1. The Bertz CT molecular complexity index is 917. The third-order valence-corrected chi connectivity index (χ3v) is 5.33. The summed E-state index contributed by atoms with van der Waals surface area (Å²) < 4.78 is 25.5. The standard InChI is InChI=1S/C19H23N5O4/c1-4-12-14-15(28-19(2,3)27-14)18(26-12)24-10-22-13-16(20-9-21-17(13)24)23-11-6-5-7-25-8-11/h1,9-12,14-15,18H,5-8H2,2-3H3,(H,20,21,23)/t11?,12-,14-,15-,18-/m1/s1. The molecule has 2 aromatic heterocycles. The summed E-state index contributed by atoms with van der Waals surface area (Å²) in [6.45, 7) is 5.21. The minimum absolute atomic E-state index is 0.210. The number of imidazole rings is 1. The van der Waals surface area contributed by atoms with E-state index in [1.807, 2.05) is 18.4 Å². The molecular formula is C19H23N5O4. The number of rotatable bonds is 3. The summed E-state index contributed by atoms with van der Waals surface area (Å²) in [5, 5.41) is 3.43. The molecular weight excluding hydrogens is 362 g/mol. The monoisotopic (exact) mass is 385 g/mol. The Morgan fingerprint density at radius 2 is 2.11 bits per heavy atom. The van der Waals surface area contributed by atoms with Crippen LogP contribution in [0.1, 0.15) is 32.9 Å². The maximum Gasteiger partial charge on any atom is 0.167 e. The minimum atomic E-state index is -0.717. The van der Waals surface area contributed by atoms with Crippen molar-refractivity contribution in [2.45, 2.75) is 63.1 Å². The molecule has 3 aliphatic rings. The molecule has 9 heteroatoms. The Balaban J connectivity index is 1.47. The van der Waals surface area contributed by atoms with E-state index in [4.69, 9.17) is 25.4 Å². The number of anilines is 1. The molecule has 5 atom stereocenters. The fourth-order valence-corrected chi connectivity index (χ4v) is 4.13. The summed E-state index contributed by atoms with van der Waals surface area (Å²) in [6, 6.07) is 0.210. The lowest BCUT2D eigenvalue weighted by atomic mass is 10.1. The lowest BCUT2D eigenvalue weighted by Gasteiger charge is -2.24. The van der Waals surface area contributed by atoms with Crippen LogP contribution in [-0.4, -0.2) is 62.9 Å². The number of aromatic nitrogens is 4. The van der Waals surface area contributed by atoms with Crippen LogP contribution in [0.5, 0.6) is 0 Å². The number of nitrogens with one attached hydrogen (secondary N) is 1. The molecule has 1 unspecified atom stereocenters. The maximum absolute atomic E-state index is 6.07. The van der Waals surface area contributed by atoms with Gasteiger partial charge in [-0.15, -0.1) is 6.42 Å². The van der Waals surface area contributed by atoms with Crippen molar-refractivity contribution in [2.75, 3.05) is 18.5 Å². The van der Waals surface area contributed by atoms with Crippen molar-refractivity contribution in [3.63, 3.8) is 0 Å². The van der Waals surface area contributed by atoms with E-state index < -0.39 is 18.1 Å². The van der Waals surface area contributed by atoms with Gasteiger partial charge in [-0.1, -0.05) is 5.92 Å². The fraction of sp³-hybridized carbons (Fsp3) is 0.632. The Morgan fingerprint density at radius 1 is 1.25 bits per heavy atom. The first-order valence-corrected chi connectivity index (χ1v) is 9.55. The van der Waals surface area contributed by atoms with Crippen LogP contribution < -0.4 is 5.32 Å². The van der Waals surface area contributed by atoms with Crippen molar-refractivity contribution < 1.29 is 18.9 Å². The predicted octanol–water partition coefficient (Wildman–Crippen LogP) is 1.47. The SMILES string of the molecule is C#C[C@H]1O[C@@H](n2cnc3c(NC4CCCOC4)ncnc32)[C@@H]2OC(C)(C)O[C@@H]21. The van der Waals surface area contributed by atoms with Gasteiger partial charge >= 0.3 is 0 Å². The zero-order valence-electron chi connectivity index (χ0n) is 15.9. The summed E-state index contributed by atoms with van der Waals surface area (Å²) in [5.74, 6) is 2.63. The summed E-state index contributed by atoms with van der Waals surface area (Å²) in [5.41, 5.74) is 1.33. The lowest BCUT2D eigenvalue weighted by molar-refractivity contribution is -0.190. The van der Waals surface area contributed by atoms with Gasteiger partial charge in [0.2, 0.25) is 0 Å². The molecule has 0 amide bonds. The van der Waals surface area contributed by atoms with Crippen LogP contribution in [0.3, 0.4) is 0 Å². The molecule has 0 aromatic carbocycles. The molecule has 148 valence electrons. The van der Waals surface area contributed by atoms with E-state index in [9.17, 15) is 0 Å². The highest BCUT2D eigenvalue weighted by Crippen LogP contribution is 2.43. The summed E-state index contributed by atoms with van der Waals surface area (Å²) >= 11 is 0. The van der Waals surface area contributed by atoms with Crippen molar-refractivity contribution >= 4 is 17.0 Å². The van der Waals surface area contributed by atoms with Gasteiger partial charge in [0, 0.05) is 6.61 Å². The summed E-state index contributed by atoms with van der Waals surface area (Å²) in [7, 11) is 0. The molecule has 0 saturated carbocycles. The maximum atomic E-state index is 6.07. The third kappa shape index (κ3) is 2.93. The zero-order chi connectivity index (χ0) is 19.3. The molecule has 0 aliphatic carbocycles. The smallest absolute Gasteiger partial charge is 0.167 e. The first kappa shape index (κ1) is 17.8. The molecule has 9 nitrogen and oxygen atoms in total. The van der Waals surface area contributed by atoms with Crippen molar-refractivity contribution in [3.8, 4) is 12.3 Å². The van der Waals surface area contributed by atoms with E-state index in [2.05, 4.69) is 26.2 Å². The van der Waals surface area contributed by atoms with E-state index in [1.54, 1.807) is 6.33 Å². The second-order valence-electron chi connectivity index (χ2n) is 7.78.